The highest BCUT2D eigenvalue weighted by molar-refractivity contribution is 5.94. The van der Waals surface area contributed by atoms with E-state index in [0.29, 0.717) is 11.7 Å². The number of aromatic carboxylic acids is 1. The lowest BCUT2D eigenvalue weighted by Gasteiger charge is -2.23. The number of nitrogen functional groups attached to an aromatic ring is 1. The Morgan fingerprint density at radius 2 is 2.37 bits per heavy atom. The Labute approximate surface area is 113 Å². The SMILES string of the molecule is CCN1CCCC1CNc1ccc(N)c(C(=O)O)c1. The standard InChI is InChI=1S/C14H21N3O2/c1-2-17-7-3-4-11(17)9-16-10-5-6-13(15)12(8-10)14(18)19/h5-6,8,11,16H,2-4,7,9,15H2,1H3,(H,18,19). The molecule has 1 aromatic rings. The molecule has 0 spiro atoms. The second kappa shape index (κ2) is 5.93. The number of carboxylic acids is 1. The molecule has 5 heteroatoms. The molecule has 0 saturated carbocycles. The van der Waals surface area contributed by atoms with Gasteiger partial charge < -0.3 is 16.2 Å². The summed E-state index contributed by atoms with van der Waals surface area (Å²) in [4.78, 5) is 13.5. The quantitative estimate of drug-likeness (QED) is 0.707. The van der Waals surface area contributed by atoms with Crippen LogP contribution < -0.4 is 11.1 Å². The van der Waals surface area contributed by atoms with E-state index < -0.39 is 5.97 Å². The molecule has 19 heavy (non-hydrogen) atoms. The van der Waals surface area contributed by atoms with Gasteiger partial charge in [-0.15, -0.1) is 0 Å². The summed E-state index contributed by atoms with van der Waals surface area (Å²) < 4.78 is 0. The smallest absolute Gasteiger partial charge is 0.337 e. The van der Waals surface area contributed by atoms with Crippen LogP contribution in [0.3, 0.4) is 0 Å². The van der Waals surface area contributed by atoms with Gasteiger partial charge in [-0.3, -0.25) is 4.90 Å². The van der Waals surface area contributed by atoms with Gasteiger partial charge in [0.2, 0.25) is 0 Å². The van der Waals surface area contributed by atoms with E-state index in [1.165, 1.54) is 12.8 Å². The average Bonchev–Trinajstić information content (AvgIpc) is 2.84. The Bertz CT molecular complexity index is 462. The van der Waals surface area contributed by atoms with E-state index in [1.807, 2.05) is 6.07 Å². The van der Waals surface area contributed by atoms with Crippen molar-refractivity contribution in [3.8, 4) is 0 Å². The normalized spacial score (nSPS) is 19.5. The Balaban J connectivity index is 2.00. The van der Waals surface area contributed by atoms with E-state index in [2.05, 4.69) is 17.1 Å². The molecular formula is C14H21N3O2. The second-order valence-electron chi connectivity index (χ2n) is 4.91. The summed E-state index contributed by atoms with van der Waals surface area (Å²) in [5, 5.41) is 12.3. The summed E-state index contributed by atoms with van der Waals surface area (Å²) in [5.41, 5.74) is 6.91. The van der Waals surface area contributed by atoms with Crippen LogP contribution in [0.5, 0.6) is 0 Å². The molecule has 1 heterocycles. The minimum absolute atomic E-state index is 0.156. The highest BCUT2D eigenvalue weighted by Gasteiger charge is 2.22. The van der Waals surface area contributed by atoms with Gasteiger partial charge in [0.1, 0.15) is 0 Å². The lowest BCUT2D eigenvalue weighted by Crippen LogP contribution is -2.34. The van der Waals surface area contributed by atoms with Crippen LogP contribution in [-0.2, 0) is 0 Å². The number of nitrogens with one attached hydrogen (secondary N) is 1. The number of nitrogens with two attached hydrogens (primary N) is 1. The van der Waals surface area contributed by atoms with Crippen LogP contribution >= 0.6 is 0 Å². The number of benzene rings is 1. The molecule has 0 aliphatic carbocycles. The number of likely N-dealkylation sites (N-methyl/N-ethyl adjacent to an activating group) is 1. The molecule has 1 fully saturated rings. The number of nitrogens with zero attached hydrogens (tertiary/aromatic N) is 1. The van der Waals surface area contributed by atoms with Gasteiger partial charge in [0.05, 0.1) is 5.56 Å². The summed E-state index contributed by atoms with van der Waals surface area (Å²) in [5.74, 6) is -0.989. The van der Waals surface area contributed by atoms with E-state index in [9.17, 15) is 4.79 Å². The van der Waals surface area contributed by atoms with E-state index >= 15 is 0 Å². The molecule has 0 bridgehead atoms. The Kier molecular flexibility index (Phi) is 4.27. The number of rotatable bonds is 5. The fraction of sp³-hybridized carbons (Fsp3) is 0.500. The number of hydrogen-bond donors (Lipinski definition) is 3. The molecule has 1 aliphatic rings. The summed E-state index contributed by atoms with van der Waals surface area (Å²) in [7, 11) is 0. The predicted octanol–water partition coefficient (Wildman–Crippen LogP) is 1.86. The van der Waals surface area contributed by atoms with Crippen molar-refractivity contribution in [2.75, 3.05) is 30.7 Å². The van der Waals surface area contributed by atoms with Gasteiger partial charge in [0, 0.05) is 24.0 Å². The molecule has 4 N–H and O–H groups in total. The van der Waals surface area contributed by atoms with Crippen molar-refractivity contribution in [2.45, 2.75) is 25.8 Å². The molecule has 104 valence electrons. The van der Waals surface area contributed by atoms with Crippen molar-refractivity contribution in [2.24, 2.45) is 0 Å². The summed E-state index contributed by atoms with van der Waals surface area (Å²) in [6, 6.07) is 5.60. The van der Waals surface area contributed by atoms with Gasteiger partial charge in [-0.1, -0.05) is 6.92 Å². The molecule has 1 aliphatic heterocycles. The number of likely N-dealkylation sites (tertiary alicyclic amines) is 1. The molecule has 0 radical (unpaired) electrons. The zero-order valence-corrected chi connectivity index (χ0v) is 11.2. The first-order valence-corrected chi connectivity index (χ1v) is 6.72. The molecule has 5 nitrogen and oxygen atoms in total. The van der Waals surface area contributed by atoms with E-state index in [1.54, 1.807) is 12.1 Å². The number of carboxylic acid groups (broad SMARTS) is 1. The first-order valence-electron chi connectivity index (χ1n) is 6.72. The lowest BCUT2D eigenvalue weighted by molar-refractivity contribution is 0.0698. The van der Waals surface area contributed by atoms with Gasteiger partial charge >= 0.3 is 5.97 Å². The van der Waals surface area contributed by atoms with Crippen LogP contribution in [0, 0.1) is 0 Å². The molecule has 0 aromatic heterocycles. The van der Waals surface area contributed by atoms with Crippen LogP contribution in [-0.4, -0.2) is 41.7 Å². The topological polar surface area (TPSA) is 78.6 Å². The molecule has 1 unspecified atom stereocenters. The fourth-order valence-electron chi connectivity index (χ4n) is 2.63. The van der Waals surface area contributed by atoms with Crippen molar-refractivity contribution in [3.05, 3.63) is 23.8 Å². The Morgan fingerprint density at radius 3 is 3.05 bits per heavy atom. The van der Waals surface area contributed by atoms with Crippen molar-refractivity contribution < 1.29 is 9.90 Å². The highest BCUT2D eigenvalue weighted by Crippen LogP contribution is 2.20. The Hall–Kier alpha value is -1.75. The van der Waals surface area contributed by atoms with Crippen molar-refractivity contribution >= 4 is 17.3 Å². The zero-order chi connectivity index (χ0) is 13.8. The largest absolute Gasteiger partial charge is 0.478 e. The number of anilines is 2. The molecule has 1 aromatic carbocycles. The highest BCUT2D eigenvalue weighted by atomic mass is 16.4. The first-order chi connectivity index (χ1) is 9.11. The maximum Gasteiger partial charge on any atom is 0.337 e. The van der Waals surface area contributed by atoms with Crippen LogP contribution in [0.4, 0.5) is 11.4 Å². The van der Waals surface area contributed by atoms with Crippen molar-refractivity contribution in [3.63, 3.8) is 0 Å². The third kappa shape index (κ3) is 3.17. The second-order valence-corrected chi connectivity index (χ2v) is 4.91. The van der Waals surface area contributed by atoms with Crippen LogP contribution in [0.1, 0.15) is 30.1 Å². The van der Waals surface area contributed by atoms with Crippen molar-refractivity contribution in [1.29, 1.82) is 0 Å². The van der Waals surface area contributed by atoms with Gasteiger partial charge in [-0.2, -0.15) is 0 Å². The lowest BCUT2D eigenvalue weighted by atomic mass is 10.1. The summed E-state index contributed by atoms with van der Waals surface area (Å²) in [6.07, 6.45) is 2.43. The third-order valence-corrected chi connectivity index (χ3v) is 3.73. The van der Waals surface area contributed by atoms with E-state index in [-0.39, 0.29) is 5.56 Å². The average molecular weight is 263 g/mol. The molecule has 0 amide bonds. The van der Waals surface area contributed by atoms with Gasteiger partial charge in [0.25, 0.3) is 0 Å². The van der Waals surface area contributed by atoms with Crippen LogP contribution in [0.15, 0.2) is 18.2 Å². The van der Waals surface area contributed by atoms with E-state index in [4.69, 9.17) is 10.8 Å². The number of carbonyl (C=O) groups is 1. The van der Waals surface area contributed by atoms with Crippen LogP contribution in [0.25, 0.3) is 0 Å². The minimum Gasteiger partial charge on any atom is -0.478 e. The molecular weight excluding hydrogens is 242 g/mol. The summed E-state index contributed by atoms with van der Waals surface area (Å²) in [6.45, 7) is 5.24. The Morgan fingerprint density at radius 1 is 1.58 bits per heavy atom. The summed E-state index contributed by atoms with van der Waals surface area (Å²) >= 11 is 0. The minimum atomic E-state index is -0.989. The van der Waals surface area contributed by atoms with E-state index in [0.717, 1.165) is 25.3 Å². The zero-order valence-electron chi connectivity index (χ0n) is 11.2. The molecule has 1 saturated heterocycles. The maximum atomic E-state index is 11.0. The number of hydrogen-bond acceptors (Lipinski definition) is 4. The molecule has 2 rings (SSSR count). The van der Waals surface area contributed by atoms with Gasteiger partial charge in [-0.05, 0) is 44.1 Å². The predicted molar refractivity (Wildman–Crippen MR) is 76.6 cm³/mol. The van der Waals surface area contributed by atoms with Crippen molar-refractivity contribution in [1.82, 2.24) is 4.90 Å². The van der Waals surface area contributed by atoms with Gasteiger partial charge in [0.15, 0.2) is 0 Å². The maximum absolute atomic E-state index is 11.0. The monoisotopic (exact) mass is 263 g/mol. The molecule has 1 atom stereocenters. The van der Waals surface area contributed by atoms with Gasteiger partial charge in [-0.25, -0.2) is 4.79 Å². The third-order valence-electron chi connectivity index (χ3n) is 3.73. The first kappa shape index (κ1) is 13.7. The van der Waals surface area contributed by atoms with Crippen LogP contribution in [0.2, 0.25) is 0 Å². The fourth-order valence-corrected chi connectivity index (χ4v) is 2.63.